The summed E-state index contributed by atoms with van der Waals surface area (Å²) >= 11 is 0. The van der Waals surface area contributed by atoms with Gasteiger partial charge in [-0.05, 0) is 43.4 Å². The van der Waals surface area contributed by atoms with Crippen molar-refractivity contribution in [3.8, 4) is 11.5 Å². The van der Waals surface area contributed by atoms with E-state index in [2.05, 4.69) is 18.2 Å². The van der Waals surface area contributed by atoms with Crippen molar-refractivity contribution in [2.75, 3.05) is 21.3 Å². The van der Waals surface area contributed by atoms with Crippen LogP contribution >= 0.6 is 0 Å². The van der Waals surface area contributed by atoms with E-state index in [1.54, 1.807) is 14.2 Å². The minimum atomic E-state index is -0.304. The van der Waals surface area contributed by atoms with Gasteiger partial charge >= 0.3 is 5.97 Å². The molecule has 0 aliphatic heterocycles. The normalized spacial score (nSPS) is 25.4. The number of methoxy groups -OCH3 is 3. The molecule has 2 aliphatic rings. The van der Waals surface area contributed by atoms with Gasteiger partial charge in [0.15, 0.2) is 0 Å². The smallest absolute Gasteiger partial charge is 0.316 e. The largest absolute Gasteiger partial charge is 0.497 e. The second kappa shape index (κ2) is 7.77. The summed E-state index contributed by atoms with van der Waals surface area (Å²) < 4.78 is 16.0. The van der Waals surface area contributed by atoms with Crippen LogP contribution in [0.5, 0.6) is 11.5 Å². The van der Waals surface area contributed by atoms with Gasteiger partial charge in [0, 0.05) is 11.5 Å². The van der Waals surface area contributed by atoms with E-state index in [0.29, 0.717) is 5.92 Å². The van der Waals surface area contributed by atoms with E-state index in [4.69, 9.17) is 14.2 Å². The first-order valence-electron chi connectivity index (χ1n) is 8.86. The zero-order valence-electron chi connectivity index (χ0n) is 15.2. The lowest BCUT2D eigenvalue weighted by atomic mass is 9.74. The Hall–Kier alpha value is -2.23. The molecule has 134 valence electrons. The number of hydrogen-bond acceptors (Lipinski definition) is 4. The molecule has 0 unspecified atom stereocenters. The fourth-order valence-electron chi connectivity index (χ4n) is 4.04. The summed E-state index contributed by atoms with van der Waals surface area (Å²) in [6.07, 6.45) is 10.8. The highest BCUT2D eigenvalue weighted by atomic mass is 16.5. The third-order valence-corrected chi connectivity index (χ3v) is 5.33. The van der Waals surface area contributed by atoms with Gasteiger partial charge in [-0.25, -0.2) is 0 Å². The molecule has 0 amide bonds. The minimum absolute atomic E-state index is 0.172. The van der Waals surface area contributed by atoms with Crippen LogP contribution in [0.4, 0.5) is 0 Å². The Kier molecular flexibility index (Phi) is 5.47. The van der Waals surface area contributed by atoms with Crippen LogP contribution in [0.15, 0.2) is 42.0 Å². The summed E-state index contributed by atoms with van der Waals surface area (Å²) in [6.45, 7) is 0. The van der Waals surface area contributed by atoms with Gasteiger partial charge in [-0.3, -0.25) is 4.79 Å². The van der Waals surface area contributed by atoms with Crippen molar-refractivity contribution >= 4 is 5.97 Å². The predicted molar refractivity (Wildman–Crippen MR) is 97.0 cm³/mol. The van der Waals surface area contributed by atoms with Crippen LogP contribution in [0, 0.1) is 11.8 Å². The first-order valence-corrected chi connectivity index (χ1v) is 8.86. The van der Waals surface area contributed by atoms with Crippen molar-refractivity contribution in [2.24, 2.45) is 11.8 Å². The first-order chi connectivity index (χ1) is 12.2. The zero-order valence-corrected chi connectivity index (χ0v) is 15.2. The van der Waals surface area contributed by atoms with E-state index in [1.165, 1.54) is 25.5 Å². The molecule has 2 aliphatic carbocycles. The molecule has 3 rings (SSSR count). The quantitative estimate of drug-likeness (QED) is 0.606. The Bertz CT molecular complexity index is 689. The van der Waals surface area contributed by atoms with E-state index < -0.39 is 0 Å². The van der Waals surface area contributed by atoms with Crippen LogP contribution in [0.3, 0.4) is 0 Å². The maximum Gasteiger partial charge on any atom is 0.316 e. The predicted octanol–water partition coefficient (Wildman–Crippen LogP) is 4.26. The molecule has 0 radical (unpaired) electrons. The lowest BCUT2D eigenvalue weighted by molar-refractivity contribution is -0.142. The van der Waals surface area contributed by atoms with E-state index in [0.717, 1.165) is 29.9 Å². The average molecular weight is 342 g/mol. The Labute approximate surface area is 149 Å². The van der Waals surface area contributed by atoms with Crippen LogP contribution in [-0.2, 0) is 9.53 Å². The molecule has 0 spiro atoms. The summed E-state index contributed by atoms with van der Waals surface area (Å²) in [7, 11) is 4.81. The van der Waals surface area contributed by atoms with Crippen molar-refractivity contribution in [2.45, 2.75) is 31.6 Å². The number of hydrogen-bond donors (Lipinski definition) is 0. The molecule has 4 heteroatoms. The van der Waals surface area contributed by atoms with Crippen molar-refractivity contribution in [1.29, 1.82) is 0 Å². The van der Waals surface area contributed by atoms with Crippen LogP contribution in [0.1, 0.15) is 37.2 Å². The minimum Gasteiger partial charge on any atom is -0.497 e. The Balaban J connectivity index is 2.05. The highest BCUT2D eigenvalue weighted by Crippen LogP contribution is 2.46. The van der Waals surface area contributed by atoms with Gasteiger partial charge in [-0.1, -0.05) is 30.2 Å². The van der Waals surface area contributed by atoms with Gasteiger partial charge in [0.05, 0.1) is 27.2 Å². The van der Waals surface area contributed by atoms with Gasteiger partial charge in [0.2, 0.25) is 0 Å². The van der Waals surface area contributed by atoms with Crippen molar-refractivity contribution < 1.29 is 19.0 Å². The molecule has 0 bridgehead atoms. The number of esters is 1. The van der Waals surface area contributed by atoms with Crippen LogP contribution in [0.25, 0.3) is 0 Å². The molecule has 1 aromatic carbocycles. The molecule has 0 saturated heterocycles. The second-order valence-corrected chi connectivity index (χ2v) is 6.66. The summed E-state index contributed by atoms with van der Waals surface area (Å²) in [5, 5.41) is 0. The SMILES string of the molecule is COC(=O)[C@H]1C=C[C@@H](c2cc(OC)ccc2OC)[C@H]2CCCCC2=C1. The third-order valence-electron chi connectivity index (χ3n) is 5.33. The lowest BCUT2D eigenvalue weighted by Gasteiger charge is -2.31. The zero-order chi connectivity index (χ0) is 17.8. The Morgan fingerprint density at radius 2 is 1.92 bits per heavy atom. The molecule has 0 N–H and O–H groups in total. The average Bonchev–Trinajstić information content (AvgIpc) is 2.86. The van der Waals surface area contributed by atoms with Gasteiger partial charge < -0.3 is 14.2 Å². The third kappa shape index (κ3) is 3.58. The number of fused-ring (bicyclic) bond motifs is 1. The molecule has 0 aromatic heterocycles. The lowest BCUT2D eigenvalue weighted by Crippen LogP contribution is -2.18. The maximum atomic E-state index is 12.1. The number of carbonyl (C=O) groups excluding carboxylic acids is 1. The van der Waals surface area contributed by atoms with Gasteiger partial charge in [-0.15, -0.1) is 0 Å². The molecule has 3 atom stereocenters. The van der Waals surface area contributed by atoms with Gasteiger partial charge in [0.25, 0.3) is 0 Å². The van der Waals surface area contributed by atoms with Crippen LogP contribution < -0.4 is 9.47 Å². The summed E-state index contributed by atoms with van der Waals surface area (Å²) in [6, 6.07) is 5.92. The topological polar surface area (TPSA) is 44.8 Å². The van der Waals surface area contributed by atoms with Crippen LogP contribution in [-0.4, -0.2) is 27.3 Å². The maximum absolute atomic E-state index is 12.1. The van der Waals surface area contributed by atoms with Crippen molar-refractivity contribution in [1.82, 2.24) is 0 Å². The summed E-state index contributed by atoms with van der Waals surface area (Å²) in [5.74, 6) is 1.73. The highest BCUT2D eigenvalue weighted by molar-refractivity contribution is 5.77. The van der Waals surface area contributed by atoms with E-state index in [-0.39, 0.29) is 17.8 Å². The van der Waals surface area contributed by atoms with Crippen molar-refractivity contribution in [3.05, 3.63) is 47.6 Å². The van der Waals surface area contributed by atoms with Crippen molar-refractivity contribution in [3.63, 3.8) is 0 Å². The molecule has 4 nitrogen and oxygen atoms in total. The number of benzene rings is 1. The second-order valence-electron chi connectivity index (χ2n) is 6.66. The molecular weight excluding hydrogens is 316 g/mol. The molecular formula is C21H26O4. The monoisotopic (exact) mass is 342 g/mol. The van der Waals surface area contributed by atoms with Gasteiger partial charge in [-0.2, -0.15) is 0 Å². The Morgan fingerprint density at radius 3 is 2.64 bits per heavy atom. The standard InChI is InChI=1S/C21H26O4/c1-23-16-9-11-20(24-2)19(13-16)18-10-8-15(21(22)25-3)12-14-6-4-5-7-17(14)18/h8-13,15,17-18H,4-7H2,1-3H3/t15-,17-,18+/m0/s1. The molecule has 1 aromatic rings. The molecule has 0 heterocycles. The van der Waals surface area contributed by atoms with E-state index in [1.807, 2.05) is 18.2 Å². The fraction of sp³-hybridized carbons (Fsp3) is 0.476. The highest BCUT2D eigenvalue weighted by Gasteiger charge is 2.32. The molecule has 1 fully saturated rings. The summed E-state index contributed by atoms with van der Waals surface area (Å²) in [5.41, 5.74) is 2.47. The van der Waals surface area contributed by atoms with E-state index >= 15 is 0 Å². The first kappa shape index (κ1) is 17.6. The number of allylic oxidation sites excluding steroid dienone is 2. The number of ether oxygens (including phenoxy) is 3. The fourth-order valence-corrected chi connectivity index (χ4v) is 4.04. The number of rotatable bonds is 4. The summed E-state index contributed by atoms with van der Waals surface area (Å²) in [4.78, 5) is 12.1. The molecule has 25 heavy (non-hydrogen) atoms. The molecule has 1 saturated carbocycles. The number of carbonyl (C=O) groups is 1. The Morgan fingerprint density at radius 1 is 1.08 bits per heavy atom. The van der Waals surface area contributed by atoms with Gasteiger partial charge in [0.1, 0.15) is 11.5 Å². The van der Waals surface area contributed by atoms with E-state index in [9.17, 15) is 4.79 Å². The van der Waals surface area contributed by atoms with Crippen LogP contribution in [0.2, 0.25) is 0 Å².